The maximum atomic E-state index is 12.4. The van der Waals surface area contributed by atoms with Crippen molar-refractivity contribution in [3.8, 4) is 0 Å². The Kier molecular flexibility index (Phi) is 5.08. The third-order valence-electron chi connectivity index (χ3n) is 4.25. The molecule has 6 nitrogen and oxygen atoms in total. The van der Waals surface area contributed by atoms with E-state index in [2.05, 4.69) is 9.93 Å². The van der Waals surface area contributed by atoms with Crippen molar-refractivity contribution >= 4 is 21.7 Å². The largest absolute Gasteiger partial charge is 0.466 e. The van der Waals surface area contributed by atoms with E-state index < -0.39 is 15.9 Å². The van der Waals surface area contributed by atoms with Gasteiger partial charge in [0.15, 0.2) is 0 Å². The molecule has 0 aliphatic heterocycles. The van der Waals surface area contributed by atoms with Gasteiger partial charge in [-0.1, -0.05) is 42.0 Å². The molecule has 7 heteroatoms. The summed E-state index contributed by atoms with van der Waals surface area (Å²) in [6.07, 6.45) is 0.300. The number of hydrogen-bond acceptors (Lipinski definition) is 5. The average Bonchev–Trinajstić information content (AvgIpc) is 3.00. The van der Waals surface area contributed by atoms with Crippen LogP contribution in [-0.2, 0) is 19.6 Å². The summed E-state index contributed by atoms with van der Waals surface area (Å²) in [4.78, 5) is 14.6. The molecule has 136 valence electrons. The molecule has 0 radical (unpaired) electrons. The number of nitrogens with zero attached hydrogens (tertiary/aromatic N) is 1. The van der Waals surface area contributed by atoms with Gasteiger partial charge in [-0.3, -0.25) is 4.79 Å². The number of fused-ring (bicyclic) bond motifs is 1. The van der Waals surface area contributed by atoms with E-state index in [0.717, 1.165) is 16.7 Å². The summed E-state index contributed by atoms with van der Waals surface area (Å²) in [6, 6.07) is 13.8. The first-order valence-electron chi connectivity index (χ1n) is 8.33. The maximum absolute atomic E-state index is 12.4. The molecular formula is C19H20N2O4S. The molecule has 0 fully saturated rings. The van der Waals surface area contributed by atoms with Crippen LogP contribution < -0.4 is 4.83 Å². The molecule has 0 bridgehead atoms. The molecule has 0 saturated heterocycles. The lowest BCUT2D eigenvalue weighted by atomic mass is 10.0. The highest BCUT2D eigenvalue weighted by Crippen LogP contribution is 2.34. The van der Waals surface area contributed by atoms with Gasteiger partial charge in [0.25, 0.3) is 10.0 Å². The Labute approximate surface area is 152 Å². The van der Waals surface area contributed by atoms with Gasteiger partial charge < -0.3 is 4.74 Å². The summed E-state index contributed by atoms with van der Waals surface area (Å²) in [5.41, 5.74) is 3.06. The maximum Gasteiger partial charge on any atom is 0.313 e. The Balaban J connectivity index is 1.87. The first kappa shape index (κ1) is 18.1. The lowest BCUT2D eigenvalue weighted by Crippen LogP contribution is -2.20. The topological polar surface area (TPSA) is 84.8 Å². The molecule has 0 saturated carbocycles. The van der Waals surface area contributed by atoms with Gasteiger partial charge in [-0.2, -0.15) is 18.4 Å². The van der Waals surface area contributed by atoms with Gasteiger partial charge in [0, 0.05) is 12.0 Å². The van der Waals surface area contributed by atoms with Crippen LogP contribution in [0.25, 0.3) is 0 Å². The van der Waals surface area contributed by atoms with Crippen LogP contribution in [0.15, 0.2) is 58.5 Å². The second kappa shape index (κ2) is 7.29. The number of hydrogen-bond donors (Lipinski definition) is 1. The number of ether oxygens (including phenoxy) is 1. The normalized spacial score (nSPS) is 17.8. The molecule has 1 aliphatic rings. The highest BCUT2D eigenvalue weighted by molar-refractivity contribution is 7.89. The highest BCUT2D eigenvalue weighted by atomic mass is 32.2. The van der Waals surface area contributed by atoms with Crippen LogP contribution in [-0.4, -0.2) is 26.7 Å². The summed E-state index contributed by atoms with van der Waals surface area (Å²) in [5, 5.41) is 4.10. The number of aryl methyl sites for hydroxylation is 1. The van der Waals surface area contributed by atoms with Gasteiger partial charge in [-0.25, -0.2) is 0 Å². The Morgan fingerprint density at radius 2 is 1.88 bits per heavy atom. The zero-order valence-electron chi connectivity index (χ0n) is 14.6. The van der Waals surface area contributed by atoms with Gasteiger partial charge in [0.05, 0.1) is 23.1 Å². The summed E-state index contributed by atoms with van der Waals surface area (Å²) in [7, 11) is -3.77. The van der Waals surface area contributed by atoms with E-state index in [-0.39, 0.29) is 10.9 Å². The molecular weight excluding hydrogens is 352 g/mol. The van der Waals surface area contributed by atoms with E-state index in [1.165, 1.54) is 12.1 Å². The molecule has 2 aromatic carbocycles. The first-order chi connectivity index (χ1) is 12.4. The van der Waals surface area contributed by atoms with Crippen molar-refractivity contribution in [2.75, 3.05) is 6.61 Å². The summed E-state index contributed by atoms with van der Waals surface area (Å²) < 4.78 is 30.0. The minimum absolute atomic E-state index is 0.140. The van der Waals surface area contributed by atoms with Gasteiger partial charge >= 0.3 is 5.97 Å². The highest BCUT2D eigenvalue weighted by Gasteiger charge is 2.34. The first-order valence-corrected chi connectivity index (χ1v) is 9.81. The zero-order chi connectivity index (χ0) is 18.7. The fourth-order valence-corrected chi connectivity index (χ4v) is 3.75. The molecule has 0 aromatic heterocycles. The Hall–Kier alpha value is -2.67. The number of rotatable bonds is 5. The van der Waals surface area contributed by atoms with Crippen molar-refractivity contribution in [3.05, 3.63) is 65.2 Å². The predicted octanol–water partition coefficient (Wildman–Crippen LogP) is 2.73. The minimum Gasteiger partial charge on any atom is -0.466 e. The quantitative estimate of drug-likeness (QED) is 0.646. The second-order valence-corrected chi connectivity index (χ2v) is 7.72. The summed E-state index contributed by atoms with van der Waals surface area (Å²) >= 11 is 0. The Morgan fingerprint density at radius 1 is 1.19 bits per heavy atom. The van der Waals surface area contributed by atoms with E-state index in [1.54, 1.807) is 19.1 Å². The van der Waals surface area contributed by atoms with E-state index in [4.69, 9.17) is 4.74 Å². The van der Waals surface area contributed by atoms with Crippen LogP contribution in [0.4, 0.5) is 0 Å². The summed E-state index contributed by atoms with van der Waals surface area (Å²) in [6.45, 7) is 3.93. The molecule has 1 aliphatic carbocycles. The smallest absolute Gasteiger partial charge is 0.313 e. The fraction of sp³-hybridized carbons (Fsp3) is 0.263. The third kappa shape index (κ3) is 3.62. The predicted molar refractivity (Wildman–Crippen MR) is 98.5 cm³/mol. The molecule has 0 spiro atoms. The molecule has 1 atom stereocenters. The molecule has 0 heterocycles. The third-order valence-corrected chi connectivity index (χ3v) is 5.47. The molecule has 0 amide bonds. The van der Waals surface area contributed by atoms with Gasteiger partial charge in [0.2, 0.25) is 0 Å². The van der Waals surface area contributed by atoms with Crippen LogP contribution in [0.5, 0.6) is 0 Å². The van der Waals surface area contributed by atoms with Crippen molar-refractivity contribution < 1.29 is 17.9 Å². The van der Waals surface area contributed by atoms with Crippen molar-refractivity contribution in [2.24, 2.45) is 5.10 Å². The van der Waals surface area contributed by atoms with Crippen molar-refractivity contribution in [1.82, 2.24) is 4.83 Å². The molecule has 1 unspecified atom stereocenters. The van der Waals surface area contributed by atoms with Gasteiger partial charge in [-0.15, -0.1) is 0 Å². The number of sulfonamides is 1. The van der Waals surface area contributed by atoms with Gasteiger partial charge in [-0.05, 0) is 31.5 Å². The lowest BCUT2D eigenvalue weighted by Gasteiger charge is -2.09. The van der Waals surface area contributed by atoms with Gasteiger partial charge in [0.1, 0.15) is 0 Å². The zero-order valence-corrected chi connectivity index (χ0v) is 15.4. The number of carbonyl (C=O) groups is 1. The SMILES string of the molecule is CCOC(=O)C1CC(=NNS(=O)(=O)c2ccc(C)cc2)c2ccccc21. The van der Waals surface area contributed by atoms with E-state index in [1.807, 2.05) is 31.2 Å². The standard InChI is InChI=1S/C19H20N2O4S/c1-3-25-19(22)17-12-18(16-7-5-4-6-15(16)17)20-21-26(23,24)14-10-8-13(2)9-11-14/h4-11,17,21H,3,12H2,1-2H3. The van der Waals surface area contributed by atoms with Crippen LogP contribution in [0, 0.1) is 6.92 Å². The van der Waals surface area contributed by atoms with E-state index >= 15 is 0 Å². The molecule has 3 rings (SSSR count). The number of benzene rings is 2. The molecule has 1 N–H and O–H groups in total. The van der Waals surface area contributed by atoms with E-state index in [9.17, 15) is 13.2 Å². The summed E-state index contributed by atoms with van der Waals surface area (Å²) in [5.74, 6) is -0.791. The van der Waals surface area contributed by atoms with Crippen molar-refractivity contribution in [2.45, 2.75) is 31.1 Å². The molecule has 2 aromatic rings. The van der Waals surface area contributed by atoms with Crippen molar-refractivity contribution in [3.63, 3.8) is 0 Å². The number of nitrogens with one attached hydrogen (secondary N) is 1. The fourth-order valence-electron chi connectivity index (χ4n) is 2.92. The van der Waals surface area contributed by atoms with E-state index in [0.29, 0.717) is 18.7 Å². The minimum atomic E-state index is -3.77. The Bertz CT molecular complexity index is 950. The van der Waals surface area contributed by atoms with Crippen LogP contribution in [0.3, 0.4) is 0 Å². The average molecular weight is 372 g/mol. The molecule has 26 heavy (non-hydrogen) atoms. The number of esters is 1. The number of carbonyl (C=O) groups excluding carboxylic acids is 1. The monoisotopic (exact) mass is 372 g/mol. The van der Waals surface area contributed by atoms with Crippen molar-refractivity contribution in [1.29, 1.82) is 0 Å². The van der Waals surface area contributed by atoms with Crippen LogP contribution in [0.1, 0.15) is 36.0 Å². The van der Waals surface area contributed by atoms with Crippen LogP contribution >= 0.6 is 0 Å². The van der Waals surface area contributed by atoms with Crippen LogP contribution in [0.2, 0.25) is 0 Å². The number of hydrazone groups is 1. The lowest BCUT2D eigenvalue weighted by molar-refractivity contribution is -0.144. The second-order valence-electron chi connectivity index (χ2n) is 6.06. The Morgan fingerprint density at radius 3 is 2.58 bits per heavy atom.